The van der Waals surface area contributed by atoms with E-state index in [0.29, 0.717) is 30.5 Å². The third kappa shape index (κ3) is 2.37. The number of aliphatic hydroxyl groups is 1. The number of nitrogens with zero attached hydrogens (tertiary/aromatic N) is 1. The first-order valence-corrected chi connectivity index (χ1v) is 10.5. The zero-order chi connectivity index (χ0) is 18.8. The van der Waals surface area contributed by atoms with Crippen LogP contribution in [0.3, 0.4) is 0 Å². The van der Waals surface area contributed by atoms with Crippen LogP contribution in [0.25, 0.3) is 5.57 Å². The Hall–Kier alpha value is -1.74. The van der Waals surface area contributed by atoms with Gasteiger partial charge < -0.3 is 5.11 Å². The van der Waals surface area contributed by atoms with Crippen LogP contribution < -0.4 is 0 Å². The molecule has 27 heavy (non-hydrogen) atoms. The number of fused-ring (bicyclic) bond motifs is 5. The minimum Gasteiger partial charge on any atom is -0.389 e. The predicted octanol–water partition coefficient (Wildman–Crippen LogP) is 4.58. The molecule has 2 saturated carbocycles. The molecule has 1 aromatic heterocycles. The molecule has 0 bridgehead atoms. The van der Waals surface area contributed by atoms with Crippen LogP contribution in [0.1, 0.15) is 57.9 Å². The average Bonchev–Trinajstić information content (AvgIpc) is 3.01. The van der Waals surface area contributed by atoms with Crippen LogP contribution in [-0.2, 0) is 4.79 Å². The molecule has 0 aromatic carbocycles. The fourth-order valence-corrected chi connectivity index (χ4v) is 7.01. The van der Waals surface area contributed by atoms with E-state index in [0.717, 1.165) is 25.7 Å². The minimum absolute atomic E-state index is 0.0934. The Labute approximate surface area is 161 Å². The van der Waals surface area contributed by atoms with Gasteiger partial charge in [-0.15, -0.1) is 0 Å². The quantitative estimate of drug-likeness (QED) is 0.743. The van der Waals surface area contributed by atoms with Crippen LogP contribution in [0.5, 0.6) is 0 Å². The van der Waals surface area contributed by atoms with E-state index >= 15 is 0 Å². The number of pyridine rings is 1. The van der Waals surface area contributed by atoms with Gasteiger partial charge in [0, 0.05) is 25.2 Å². The summed E-state index contributed by atoms with van der Waals surface area (Å²) < 4.78 is 0. The molecule has 0 amide bonds. The fourth-order valence-electron chi connectivity index (χ4n) is 7.01. The van der Waals surface area contributed by atoms with Crippen molar-refractivity contribution < 1.29 is 9.90 Å². The monoisotopic (exact) mass is 363 g/mol. The van der Waals surface area contributed by atoms with Crippen molar-refractivity contribution in [1.82, 2.24) is 4.98 Å². The maximum absolute atomic E-state index is 12.0. The van der Waals surface area contributed by atoms with Crippen molar-refractivity contribution in [2.45, 2.75) is 58.5 Å². The third-order valence-electron chi connectivity index (χ3n) is 8.52. The molecule has 142 valence electrons. The fraction of sp³-hybridized carbons (Fsp3) is 0.583. The number of ketones is 1. The molecule has 3 nitrogen and oxygen atoms in total. The molecule has 0 radical (unpaired) electrons. The number of rotatable bonds is 1. The first-order valence-electron chi connectivity index (χ1n) is 10.5. The smallest absolute Gasteiger partial charge is 0.136 e. The lowest BCUT2D eigenvalue weighted by molar-refractivity contribution is -0.123. The number of carbonyl (C=O) groups excluding carboxylic acids is 1. The molecular weight excluding hydrogens is 334 g/mol. The summed E-state index contributed by atoms with van der Waals surface area (Å²) in [6, 6.07) is 4.19. The number of aliphatic hydroxyl groups excluding tert-OH is 1. The summed E-state index contributed by atoms with van der Waals surface area (Å²) in [6.07, 6.45) is 13.4. The molecule has 3 heteroatoms. The summed E-state index contributed by atoms with van der Waals surface area (Å²) in [5.41, 5.74) is 4.07. The van der Waals surface area contributed by atoms with Crippen LogP contribution in [0, 0.1) is 28.6 Å². The van der Waals surface area contributed by atoms with Crippen molar-refractivity contribution in [1.29, 1.82) is 0 Å². The second-order valence-corrected chi connectivity index (χ2v) is 9.66. The van der Waals surface area contributed by atoms with Gasteiger partial charge in [0.2, 0.25) is 0 Å². The van der Waals surface area contributed by atoms with Gasteiger partial charge in [-0.1, -0.05) is 37.6 Å². The van der Waals surface area contributed by atoms with Gasteiger partial charge in [-0.2, -0.15) is 0 Å². The summed E-state index contributed by atoms with van der Waals surface area (Å²) in [4.78, 5) is 16.4. The minimum atomic E-state index is -0.421. The molecule has 1 unspecified atom stereocenters. The van der Waals surface area contributed by atoms with E-state index in [2.05, 4.69) is 37.0 Å². The molecule has 1 N–H and O–H groups in total. The van der Waals surface area contributed by atoms with Crippen molar-refractivity contribution in [2.75, 3.05) is 0 Å². The van der Waals surface area contributed by atoms with E-state index in [-0.39, 0.29) is 16.7 Å². The van der Waals surface area contributed by atoms with Gasteiger partial charge in [0.15, 0.2) is 0 Å². The maximum Gasteiger partial charge on any atom is 0.136 e. The average molecular weight is 364 g/mol. The van der Waals surface area contributed by atoms with Crippen LogP contribution in [0.4, 0.5) is 0 Å². The topological polar surface area (TPSA) is 50.2 Å². The molecule has 5 rings (SSSR count). The first kappa shape index (κ1) is 17.4. The zero-order valence-corrected chi connectivity index (χ0v) is 16.3. The number of hydrogen-bond acceptors (Lipinski definition) is 3. The maximum atomic E-state index is 12.0. The van der Waals surface area contributed by atoms with Crippen LogP contribution in [0.2, 0.25) is 0 Å². The molecule has 1 aromatic rings. The summed E-state index contributed by atoms with van der Waals surface area (Å²) in [5, 5.41) is 11.1. The highest BCUT2D eigenvalue weighted by atomic mass is 16.3. The van der Waals surface area contributed by atoms with E-state index < -0.39 is 6.10 Å². The molecule has 0 aliphatic heterocycles. The van der Waals surface area contributed by atoms with Gasteiger partial charge in [-0.3, -0.25) is 9.78 Å². The predicted molar refractivity (Wildman–Crippen MR) is 106 cm³/mol. The Morgan fingerprint density at radius 1 is 1.19 bits per heavy atom. The van der Waals surface area contributed by atoms with Crippen molar-refractivity contribution in [3.05, 3.63) is 47.8 Å². The van der Waals surface area contributed by atoms with Gasteiger partial charge in [0.05, 0.1) is 6.10 Å². The van der Waals surface area contributed by atoms with Crippen LogP contribution in [0.15, 0.2) is 42.3 Å². The molecular formula is C24H29NO2. The van der Waals surface area contributed by atoms with Gasteiger partial charge in [0.1, 0.15) is 5.78 Å². The summed E-state index contributed by atoms with van der Waals surface area (Å²) in [7, 11) is 0. The van der Waals surface area contributed by atoms with Crippen LogP contribution >= 0.6 is 0 Å². The molecule has 2 fully saturated rings. The summed E-state index contributed by atoms with van der Waals surface area (Å²) in [6.45, 7) is 4.76. The molecule has 0 saturated heterocycles. The number of hydrogen-bond donors (Lipinski definition) is 1. The Bertz CT molecular complexity index is 841. The van der Waals surface area contributed by atoms with E-state index in [1.54, 1.807) is 0 Å². The van der Waals surface area contributed by atoms with E-state index in [4.69, 9.17) is 0 Å². The third-order valence-corrected chi connectivity index (χ3v) is 8.52. The number of aromatic nitrogens is 1. The standard InChI is InChI=1S/C24H29NO2/c1-23-9-7-17(26)12-16(23)13-21(27)22-19-6-5-18(15-4-3-11-25-14-15)24(19,2)10-8-20(22)23/h3-5,11,13-14,19-22,27H,6-10,12H2,1-2H3/t19-,20-,21?,22-,23-,24+/m0/s1. The lowest BCUT2D eigenvalue weighted by Gasteiger charge is -2.58. The van der Waals surface area contributed by atoms with Gasteiger partial charge in [-0.05, 0) is 71.5 Å². The summed E-state index contributed by atoms with van der Waals surface area (Å²) >= 11 is 0. The van der Waals surface area contributed by atoms with Crippen molar-refractivity contribution in [2.24, 2.45) is 28.6 Å². The van der Waals surface area contributed by atoms with Crippen molar-refractivity contribution in [3.63, 3.8) is 0 Å². The Morgan fingerprint density at radius 3 is 2.81 bits per heavy atom. The molecule has 6 atom stereocenters. The Balaban J connectivity index is 1.52. The molecule has 1 heterocycles. The highest BCUT2D eigenvalue weighted by molar-refractivity contribution is 5.82. The lowest BCUT2D eigenvalue weighted by Crippen LogP contribution is -2.54. The normalized spacial score (nSPS) is 43.3. The van der Waals surface area contributed by atoms with Crippen molar-refractivity contribution in [3.8, 4) is 0 Å². The lowest BCUT2D eigenvalue weighted by atomic mass is 9.46. The second-order valence-electron chi connectivity index (χ2n) is 9.66. The number of carbonyl (C=O) groups is 1. The van der Waals surface area contributed by atoms with Crippen LogP contribution in [-0.4, -0.2) is 22.0 Å². The Morgan fingerprint density at radius 2 is 2.04 bits per heavy atom. The highest BCUT2D eigenvalue weighted by Crippen LogP contribution is 2.66. The molecule has 0 spiro atoms. The first-order chi connectivity index (χ1) is 12.9. The zero-order valence-electron chi connectivity index (χ0n) is 16.3. The van der Waals surface area contributed by atoms with Crippen molar-refractivity contribution >= 4 is 11.4 Å². The number of Topliss-reactive ketones (excluding diaryl/α,β-unsaturated/α-hetero) is 1. The second kappa shape index (κ2) is 5.88. The van der Waals surface area contributed by atoms with Gasteiger partial charge >= 0.3 is 0 Å². The molecule has 4 aliphatic rings. The molecule has 4 aliphatic carbocycles. The largest absolute Gasteiger partial charge is 0.389 e. The van der Waals surface area contributed by atoms with Gasteiger partial charge in [-0.25, -0.2) is 0 Å². The summed E-state index contributed by atoms with van der Waals surface area (Å²) in [5.74, 6) is 1.58. The SMILES string of the molecule is C[C@]12CCC(=O)CC1=CC(O)[C@@H]1[C@@H]2CC[C@]2(C)C(c3cccnc3)=CC[C@@H]12. The Kier molecular flexibility index (Phi) is 3.78. The van der Waals surface area contributed by atoms with Gasteiger partial charge in [0.25, 0.3) is 0 Å². The highest BCUT2D eigenvalue weighted by Gasteiger charge is 2.59. The number of allylic oxidation sites excluding steroid dienone is 3. The van der Waals surface area contributed by atoms with E-state index in [9.17, 15) is 9.90 Å². The van der Waals surface area contributed by atoms with E-state index in [1.807, 2.05) is 18.5 Å². The van der Waals surface area contributed by atoms with E-state index in [1.165, 1.54) is 16.7 Å².